The minimum atomic E-state index is 0.396. The lowest BCUT2D eigenvalue weighted by molar-refractivity contribution is 0.180. The summed E-state index contributed by atoms with van der Waals surface area (Å²) in [7, 11) is 1.78. The average molecular weight is 262 g/mol. The number of benzene rings is 1. The third kappa shape index (κ3) is 3.28. The van der Waals surface area contributed by atoms with Gasteiger partial charge in [-0.15, -0.1) is 0 Å². The second kappa shape index (κ2) is 6.40. The van der Waals surface area contributed by atoms with Crippen molar-refractivity contribution in [3.05, 3.63) is 29.8 Å². The maximum absolute atomic E-state index is 5.35. The molecule has 0 aromatic heterocycles. The summed E-state index contributed by atoms with van der Waals surface area (Å²) in [6, 6.07) is 9.61. The molecule has 0 saturated heterocycles. The number of fused-ring (bicyclic) bond motifs is 1. The van der Waals surface area contributed by atoms with E-state index in [2.05, 4.69) is 55.3 Å². The van der Waals surface area contributed by atoms with Crippen LogP contribution in [0.25, 0.3) is 0 Å². The van der Waals surface area contributed by atoms with Gasteiger partial charge in [-0.25, -0.2) is 0 Å². The number of nitrogens with one attached hydrogen (secondary N) is 1. The number of rotatable bonds is 4. The van der Waals surface area contributed by atoms with Gasteiger partial charge in [0.15, 0.2) is 0 Å². The first kappa shape index (κ1) is 14.4. The molecule has 2 unspecified atom stereocenters. The molecule has 0 saturated carbocycles. The highest BCUT2D eigenvalue weighted by atomic mass is 16.5. The van der Waals surface area contributed by atoms with Gasteiger partial charge in [-0.1, -0.05) is 32.0 Å². The third-order valence-corrected chi connectivity index (χ3v) is 3.99. The second-order valence-corrected chi connectivity index (χ2v) is 5.82. The first-order valence-electron chi connectivity index (χ1n) is 7.20. The number of methoxy groups -OCH3 is 1. The van der Waals surface area contributed by atoms with Crippen LogP contribution in [0.3, 0.4) is 0 Å². The van der Waals surface area contributed by atoms with Gasteiger partial charge in [0.2, 0.25) is 0 Å². The van der Waals surface area contributed by atoms with Crippen molar-refractivity contribution >= 4 is 5.69 Å². The lowest BCUT2D eigenvalue weighted by Crippen LogP contribution is -2.46. The van der Waals surface area contributed by atoms with Crippen molar-refractivity contribution < 1.29 is 4.74 Å². The van der Waals surface area contributed by atoms with Crippen LogP contribution in [-0.4, -0.2) is 32.3 Å². The highest BCUT2D eigenvalue weighted by Crippen LogP contribution is 2.26. The fourth-order valence-electron chi connectivity index (χ4n) is 2.75. The van der Waals surface area contributed by atoms with Crippen LogP contribution in [0.1, 0.15) is 26.3 Å². The predicted octanol–water partition coefficient (Wildman–Crippen LogP) is 2.66. The lowest BCUT2D eigenvalue weighted by atomic mass is 10.0. The van der Waals surface area contributed by atoms with Crippen molar-refractivity contribution in [2.75, 3.05) is 25.2 Å². The Kier molecular flexibility index (Phi) is 4.83. The van der Waals surface area contributed by atoms with E-state index in [1.807, 2.05) is 0 Å². The molecule has 3 nitrogen and oxygen atoms in total. The second-order valence-electron chi connectivity index (χ2n) is 5.82. The molecule has 1 N–H and O–H groups in total. The van der Waals surface area contributed by atoms with Gasteiger partial charge >= 0.3 is 0 Å². The first-order chi connectivity index (χ1) is 9.13. The van der Waals surface area contributed by atoms with E-state index < -0.39 is 0 Å². The molecule has 1 heterocycles. The summed E-state index contributed by atoms with van der Waals surface area (Å²) in [4.78, 5) is 2.49. The van der Waals surface area contributed by atoms with Gasteiger partial charge in [-0.2, -0.15) is 0 Å². The molecule has 1 aromatic rings. The van der Waals surface area contributed by atoms with Crippen LogP contribution in [0.2, 0.25) is 0 Å². The van der Waals surface area contributed by atoms with E-state index >= 15 is 0 Å². The Bertz CT molecular complexity index is 405. The van der Waals surface area contributed by atoms with E-state index in [0.29, 0.717) is 18.0 Å². The molecule has 0 spiro atoms. The standard InChI is InChI=1S/C16H26N2O/c1-12(2)15-10-18(13(3)11-19-4)16-8-6-5-7-14(16)9-17-15/h5-8,12-13,15,17H,9-11H2,1-4H3. The van der Waals surface area contributed by atoms with Crippen LogP contribution in [0, 0.1) is 5.92 Å². The van der Waals surface area contributed by atoms with Gasteiger partial charge < -0.3 is 15.0 Å². The monoisotopic (exact) mass is 262 g/mol. The summed E-state index contributed by atoms with van der Waals surface area (Å²) >= 11 is 0. The topological polar surface area (TPSA) is 24.5 Å². The number of anilines is 1. The Hall–Kier alpha value is -1.06. The van der Waals surface area contributed by atoms with Crippen LogP contribution >= 0.6 is 0 Å². The fourth-order valence-corrected chi connectivity index (χ4v) is 2.75. The summed E-state index contributed by atoms with van der Waals surface area (Å²) in [5.74, 6) is 0.631. The molecule has 0 amide bonds. The third-order valence-electron chi connectivity index (χ3n) is 3.99. The van der Waals surface area contributed by atoms with E-state index in [1.54, 1.807) is 7.11 Å². The molecule has 0 fully saturated rings. The molecule has 1 aliphatic rings. The molecule has 106 valence electrons. The zero-order valence-electron chi connectivity index (χ0n) is 12.5. The maximum atomic E-state index is 5.35. The fraction of sp³-hybridized carbons (Fsp3) is 0.625. The highest BCUT2D eigenvalue weighted by Gasteiger charge is 2.26. The van der Waals surface area contributed by atoms with Crippen molar-refractivity contribution in [2.24, 2.45) is 5.92 Å². The van der Waals surface area contributed by atoms with Crippen molar-refractivity contribution in [3.63, 3.8) is 0 Å². The predicted molar refractivity (Wildman–Crippen MR) is 80.6 cm³/mol. The molecule has 19 heavy (non-hydrogen) atoms. The number of hydrogen-bond donors (Lipinski definition) is 1. The Labute approximate surface area is 116 Å². The van der Waals surface area contributed by atoms with E-state index in [4.69, 9.17) is 4.74 Å². The van der Waals surface area contributed by atoms with E-state index in [1.165, 1.54) is 11.3 Å². The van der Waals surface area contributed by atoms with Crippen LogP contribution in [0.15, 0.2) is 24.3 Å². The first-order valence-corrected chi connectivity index (χ1v) is 7.20. The smallest absolute Gasteiger partial charge is 0.0663 e. The number of nitrogens with zero attached hydrogens (tertiary/aromatic N) is 1. The molecule has 1 aliphatic heterocycles. The zero-order valence-corrected chi connectivity index (χ0v) is 12.5. The van der Waals surface area contributed by atoms with Gasteiger partial charge in [0.1, 0.15) is 0 Å². The lowest BCUT2D eigenvalue weighted by Gasteiger charge is -2.34. The van der Waals surface area contributed by atoms with Crippen molar-refractivity contribution in [1.29, 1.82) is 0 Å². The Morgan fingerprint density at radius 1 is 1.32 bits per heavy atom. The quantitative estimate of drug-likeness (QED) is 0.903. The largest absolute Gasteiger partial charge is 0.383 e. The summed E-state index contributed by atoms with van der Waals surface area (Å²) in [5, 5.41) is 3.68. The summed E-state index contributed by atoms with van der Waals surface area (Å²) in [6.45, 7) is 9.57. The SMILES string of the molecule is COCC(C)N1CC(C(C)C)NCc2ccccc21. The molecule has 2 atom stereocenters. The normalized spacial score (nSPS) is 21.1. The molecule has 1 aromatic carbocycles. The maximum Gasteiger partial charge on any atom is 0.0663 e. The van der Waals surface area contributed by atoms with E-state index in [9.17, 15) is 0 Å². The van der Waals surface area contributed by atoms with Gasteiger partial charge in [-0.3, -0.25) is 0 Å². The van der Waals surface area contributed by atoms with E-state index in [0.717, 1.165) is 19.7 Å². The Balaban J connectivity index is 2.29. The molecule has 2 rings (SSSR count). The highest BCUT2D eigenvalue weighted by molar-refractivity contribution is 5.55. The van der Waals surface area contributed by atoms with Gasteiger partial charge in [0.05, 0.1) is 6.61 Å². The Morgan fingerprint density at radius 2 is 2.05 bits per heavy atom. The molecule has 3 heteroatoms. The van der Waals surface area contributed by atoms with Crippen molar-refractivity contribution in [2.45, 2.75) is 39.4 Å². The number of para-hydroxylation sites is 1. The van der Waals surface area contributed by atoms with Crippen LogP contribution in [-0.2, 0) is 11.3 Å². The molecule has 0 aliphatic carbocycles. The van der Waals surface area contributed by atoms with Gasteiger partial charge in [-0.05, 0) is 24.5 Å². The number of hydrogen-bond acceptors (Lipinski definition) is 3. The Morgan fingerprint density at radius 3 is 2.74 bits per heavy atom. The minimum absolute atomic E-state index is 0.396. The zero-order chi connectivity index (χ0) is 13.8. The molecule has 0 radical (unpaired) electrons. The van der Waals surface area contributed by atoms with Crippen molar-refractivity contribution in [3.8, 4) is 0 Å². The van der Waals surface area contributed by atoms with Crippen LogP contribution < -0.4 is 10.2 Å². The molecular weight excluding hydrogens is 236 g/mol. The molecular formula is C16H26N2O. The van der Waals surface area contributed by atoms with Crippen molar-refractivity contribution in [1.82, 2.24) is 5.32 Å². The molecule has 0 bridgehead atoms. The van der Waals surface area contributed by atoms with Gasteiger partial charge in [0, 0.05) is 38.0 Å². The van der Waals surface area contributed by atoms with E-state index in [-0.39, 0.29) is 0 Å². The summed E-state index contributed by atoms with van der Waals surface area (Å²) in [5.41, 5.74) is 2.73. The summed E-state index contributed by atoms with van der Waals surface area (Å²) in [6.07, 6.45) is 0. The van der Waals surface area contributed by atoms with Gasteiger partial charge in [0.25, 0.3) is 0 Å². The van der Waals surface area contributed by atoms with Crippen LogP contribution in [0.5, 0.6) is 0 Å². The average Bonchev–Trinajstić information content (AvgIpc) is 2.58. The number of ether oxygens (including phenoxy) is 1. The summed E-state index contributed by atoms with van der Waals surface area (Å²) < 4.78 is 5.35. The minimum Gasteiger partial charge on any atom is -0.383 e. The van der Waals surface area contributed by atoms with Crippen LogP contribution in [0.4, 0.5) is 5.69 Å².